The first-order valence-corrected chi connectivity index (χ1v) is 5.86. The molecule has 4 nitrogen and oxygen atoms in total. The Hall–Kier alpha value is -1.06. The van der Waals surface area contributed by atoms with Crippen LogP contribution in [0.3, 0.4) is 0 Å². The molecule has 1 atom stereocenters. The van der Waals surface area contributed by atoms with Gasteiger partial charge in [0, 0.05) is 6.42 Å². The fraction of sp³-hybridized carbons (Fsp3) is 0.833. The largest absolute Gasteiger partial charge is 0.441 e. The summed E-state index contributed by atoms with van der Waals surface area (Å²) < 4.78 is 5.27. The Bertz CT molecular complexity index is 297. The van der Waals surface area contributed by atoms with Gasteiger partial charge in [-0.15, -0.1) is 0 Å². The van der Waals surface area contributed by atoms with Crippen molar-refractivity contribution in [3.05, 3.63) is 0 Å². The SMILES string of the molecule is CCCC(=O)N1C(=O)OC(C)(C)[C@H]1C(C)C. The van der Waals surface area contributed by atoms with Crippen molar-refractivity contribution in [2.45, 2.75) is 59.1 Å². The number of cyclic esters (lactones) is 1. The Balaban J connectivity index is 2.97. The average Bonchev–Trinajstić information content (AvgIpc) is 2.35. The van der Waals surface area contributed by atoms with Crippen LogP contribution in [0.2, 0.25) is 0 Å². The fourth-order valence-corrected chi connectivity index (χ4v) is 2.45. The first-order chi connectivity index (χ1) is 7.31. The van der Waals surface area contributed by atoms with Crippen LogP contribution in [0.15, 0.2) is 0 Å². The van der Waals surface area contributed by atoms with Gasteiger partial charge in [0.1, 0.15) is 5.60 Å². The van der Waals surface area contributed by atoms with E-state index in [0.717, 1.165) is 6.42 Å². The molecule has 0 saturated carbocycles. The van der Waals surface area contributed by atoms with Gasteiger partial charge < -0.3 is 4.74 Å². The van der Waals surface area contributed by atoms with Crippen LogP contribution in [0.4, 0.5) is 4.79 Å². The third-order valence-corrected chi connectivity index (χ3v) is 2.90. The van der Waals surface area contributed by atoms with Gasteiger partial charge in [0.15, 0.2) is 0 Å². The summed E-state index contributed by atoms with van der Waals surface area (Å²) in [6.07, 6.45) is 0.643. The lowest BCUT2D eigenvalue weighted by molar-refractivity contribution is -0.130. The number of carbonyl (C=O) groups is 2. The molecule has 4 heteroatoms. The molecule has 1 aliphatic heterocycles. The maximum absolute atomic E-state index is 11.9. The molecule has 1 saturated heterocycles. The normalized spacial score (nSPS) is 23.8. The van der Waals surface area contributed by atoms with Crippen LogP contribution in [-0.2, 0) is 9.53 Å². The number of rotatable bonds is 3. The van der Waals surface area contributed by atoms with Gasteiger partial charge in [-0.05, 0) is 26.2 Å². The van der Waals surface area contributed by atoms with Gasteiger partial charge in [-0.2, -0.15) is 0 Å². The topological polar surface area (TPSA) is 46.6 Å². The highest BCUT2D eigenvalue weighted by molar-refractivity contribution is 5.94. The van der Waals surface area contributed by atoms with E-state index in [1.165, 1.54) is 4.90 Å². The number of hydrogen-bond donors (Lipinski definition) is 0. The lowest BCUT2D eigenvalue weighted by Crippen LogP contribution is -2.47. The van der Waals surface area contributed by atoms with E-state index in [-0.39, 0.29) is 17.9 Å². The predicted octanol–water partition coefficient (Wildman–Crippen LogP) is 2.57. The molecule has 0 aromatic rings. The van der Waals surface area contributed by atoms with Crippen LogP contribution in [0.1, 0.15) is 47.5 Å². The molecule has 1 heterocycles. The second-order valence-electron chi connectivity index (χ2n) is 5.17. The molecule has 0 N–H and O–H groups in total. The molecule has 0 aliphatic carbocycles. The number of ether oxygens (including phenoxy) is 1. The summed E-state index contributed by atoms with van der Waals surface area (Å²) in [7, 11) is 0. The molecule has 0 bridgehead atoms. The number of nitrogens with zero attached hydrogens (tertiary/aromatic N) is 1. The summed E-state index contributed by atoms with van der Waals surface area (Å²) >= 11 is 0. The standard InChI is InChI=1S/C12H21NO3/c1-6-7-9(14)13-10(8(2)3)12(4,5)16-11(13)15/h8,10H,6-7H2,1-5H3/t10-/m1/s1. The smallest absolute Gasteiger partial charge is 0.417 e. The van der Waals surface area contributed by atoms with E-state index >= 15 is 0 Å². The minimum absolute atomic E-state index is 0.128. The van der Waals surface area contributed by atoms with Crippen LogP contribution < -0.4 is 0 Å². The molecule has 0 unspecified atom stereocenters. The Morgan fingerprint density at radius 2 is 2.06 bits per heavy atom. The van der Waals surface area contributed by atoms with E-state index in [1.807, 2.05) is 34.6 Å². The van der Waals surface area contributed by atoms with Gasteiger partial charge in [0.2, 0.25) is 5.91 Å². The summed E-state index contributed by atoms with van der Waals surface area (Å²) in [5, 5.41) is 0. The van der Waals surface area contributed by atoms with E-state index in [2.05, 4.69) is 0 Å². The lowest BCUT2D eigenvalue weighted by Gasteiger charge is -2.30. The molecule has 0 aromatic carbocycles. The van der Waals surface area contributed by atoms with Gasteiger partial charge in [-0.1, -0.05) is 20.8 Å². The third-order valence-electron chi connectivity index (χ3n) is 2.90. The number of imide groups is 1. The van der Waals surface area contributed by atoms with Crippen molar-refractivity contribution in [2.75, 3.05) is 0 Å². The highest BCUT2D eigenvalue weighted by Gasteiger charge is 2.51. The minimum Gasteiger partial charge on any atom is -0.441 e. The average molecular weight is 227 g/mol. The molecule has 16 heavy (non-hydrogen) atoms. The second-order valence-corrected chi connectivity index (χ2v) is 5.17. The van der Waals surface area contributed by atoms with Gasteiger partial charge in [0.25, 0.3) is 0 Å². The molecule has 1 aliphatic rings. The van der Waals surface area contributed by atoms with Crippen molar-refractivity contribution >= 4 is 12.0 Å². The number of hydrogen-bond acceptors (Lipinski definition) is 3. The third kappa shape index (κ3) is 2.20. The van der Waals surface area contributed by atoms with Crippen LogP contribution in [0, 0.1) is 5.92 Å². The van der Waals surface area contributed by atoms with Gasteiger partial charge in [-0.3, -0.25) is 4.79 Å². The van der Waals surface area contributed by atoms with Crippen molar-refractivity contribution in [1.29, 1.82) is 0 Å². The van der Waals surface area contributed by atoms with E-state index in [9.17, 15) is 9.59 Å². The van der Waals surface area contributed by atoms with Gasteiger partial charge in [0.05, 0.1) is 6.04 Å². The van der Waals surface area contributed by atoms with Crippen molar-refractivity contribution in [2.24, 2.45) is 5.92 Å². The number of amides is 2. The Morgan fingerprint density at radius 1 is 1.50 bits per heavy atom. The molecule has 92 valence electrons. The predicted molar refractivity (Wildman–Crippen MR) is 60.9 cm³/mol. The first kappa shape index (κ1) is 13.0. The quantitative estimate of drug-likeness (QED) is 0.744. The van der Waals surface area contributed by atoms with E-state index < -0.39 is 11.7 Å². The van der Waals surface area contributed by atoms with Crippen molar-refractivity contribution in [3.8, 4) is 0 Å². The molecule has 0 spiro atoms. The Labute approximate surface area is 96.9 Å². The fourth-order valence-electron chi connectivity index (χ4n) is 2.45. The van der Waals surface area contributed by atoms with Crippen molar-refractivity contribution < 1.29 is 14.3 Å². The van der Waals surface area contributed by atoms with Crippen LogP contribution in [0.5, 0.6) is 0 Å². The molecular formula is C12H21NO3. The van der Waals surface area contributed by atoms with E-state index in [4.69, 9.17) is 4.74 Å². The highest BCUT2D eigenvalue weighted by atomic mass is 16.6. The summed E-state index contributed by atoms with van der Waals surface area (Å²) in [6, 6.07) is -0.168. The molecule has 0 aromatic heterocycles. The number of carbonyl (C=O) groups excluding carboxylic acids is 2. The summed E-state index contributed by atoms with van der Waals surface area (Å²) in [5.41, 5.74) is -0.589. The maximum atomic E-state index is 11.9. The zero-order valence-electron chi connectivity index (χ0n) is 10.7. The molecular weight excluding hydrogens is 206 g/mol. The maximum Gasteiger partial charge on any atom is 0.417 e. The molecule has 2 amide bonds. The van der Waals surface area contributed by atoms with Gasteiger partial charge >= 0.3 is 6.09 Å². The second kappa shape index (κ2) is 4.44. The molecule has 1 fully saturated rings. The highest BCUT2D eigenvalue weighted by Crippen LogP contribution is 2.34. The van der Waals surface area contributed by atoms with E-state index in [1.54, 1.807) is 0 Å². The van der Waals surface area contributed by atoms with Crippen molar-refractivity contribution in [1.82, 2.24) is 4.90 Å². The zero-order chi connectivity index (χ0) is 12.5. The summed E-state index contributed by atoms with van der Waals surface area (Å²) in [4.78, 5) is 24.9. The van der Waals surface area contributed by atoms with Crippen molar-refractivity contribution in [3.63, 3.8) is 0 Å². The van der Waals surface area contributed by atoms with Crippen LogP contribution >= 0.6 is 0 Å². The van der Waals surface area contributed by atoms with Crippen LogP contribution in [0.25, 0.3) is 0 Å². The molecule has 1 rings (SSSR count). The minimum atomic E-state index is -0.589. The first-order valence-electron chi connectivity index (χ1n) is 5.86. The monoisotopic (exact) mass is 227 g/mol. The van der Waals surface area contributed by atoms with E-state index in [0.29, 0.717) is 6.42 Å². The summed E-state index contributed by atoms with van der Waals surface area (Å²) in [5.74, 6) is 0.0685. The zero-order valence-corrected chi connectivity index (χ0v) is 10.7. The van der Waals surface area contributed by atoms with Crippen LogP contribution in [-0.4, -0.2) is 28.5 Å². The van der Waals surface area contributed by atoms with Gasteiger partial charge in [-0.25, -0.2) is 9.69 Å². The summed E-state index contributed by atoms with van der Waals surface area (Å²) in [6.45, 7) is 9.64. The molecule has 0 radical (unpaired) electrons. The Morgan fingerprint density at radius 3 is 2.50 bits per heavy atom. The lowest BCUT2D eigenvalue weighted by atomic mass is 9.89. The Kier molecular flexibility index (Phi) is 3.61.